The highest BCUT2D eigenvalue weighted by atomic mass is 32.1. The lowest BCUT2D eigenvalue weighted by Crippen LogP contribution is -2.44. The van der Waals surface area contributed by atoms with Gasteiger partial charge in [0.25, 0.3) is 5.91 Å². The standard InChI is InChI=1S/C21H26N4O3S/c1-15-18-11-19(20(27)22-12-17(26)14-24-7-9-28-10-8-24)29-21(18)25(23-15)13-16-5-3-2-4-6-16/h2-6,11,17,26H,7-10,12-14H2,1H3,(H,22,27). The maximum Gasteiger partial charge on any atom is 0.261 e. The Morgan fingerprint density at radius 1 is 1.31 bits per heavy atom. The molecule has 2 aromatic heterocycles. The Bertz CT molecular complexity index is 963. The maximum absolute atomic E-state index is 12.6. The van der Waals surface area contributed by atoms with Crippen LogP contribution in [0, 0.1) is 6.92 Å². The van der Waals surface area contributed by atoms with Gasteiger partial charge in [0.2, 0.25) is 0 Å². The summed E-state index contributed by atoms with van der Waals surface area (Å²) in [5.41, 5.74) is 2.08. The Hall–Kier alpha value is -2.26. The van der Waals surface area contributed by atoms with E-state index in [0.717, 1.165) is 29.0 Å². The Labute approximate surface area is 173 Å². The van der Waals surface area contributed by atoms with Gasteiger partial charge in [-0.05, 0) is 18.6 Å². The summed E-state index contributed by atoms with van der Waals surface area (Å²) in [4.78, 5) is 16.4. The zero-order valence-corrected chi connectivity index (χ0v) is 17.3. The van der Waals surface area contributed by atoms with Gasteiger partial charge in [0.05, 0.1) is 36.4 Å². The minimum Gasteiger partial charge on any atom is -0.390 e. The third-order valence-electron chi connectivity index (χ3n) is 5.08. The van der Waals surface area contributed by atoms with Crippen molar-refractivity contribution in [1.82, 2.24) is 20.0 Å². The van der Waals surface area contributed by atoms with Gasteiger partial charge in [-0.3, -0.25) is 14.4 Å². The van der Waals surface area contributed by atoms with Crippen LogP contribution in [0.2, 0.25) is 0 Å². The first kappa shape index (κ1) is 20.0. The van der Waals surface area contributed by atoms with Crippen LogP contribution in [-0.4, -0.2) is 71.2 Å². The lowest BCUT2D eigenvalue weighted by molar-refractivity contribution is 0.0149. The molecule has 0 spiro atoms. The van der Waals surface area contributed by atoms with Crippen LogP contribution in [0.4, 0.5) is 0 Å². The topological polar surface area (TPSA) is 79.6 Å². The third-order valence-corrected chi connectivity index (χ3v) is 6.22. The zero-order chi connectivity index (χ0) is 20.2. The molecule has 1 aliphatic rings. The number of carbonyl (C=O) groups is 1. The summed E-state index contributed by atoms with van der Waals surface area (Å²) in [6, 6.07) is 12.1. The smallest absolute Gasteiger partial charge is 0.261 e. The van der Waals surface area contributed by atoms with Crippen molar-refractivity contribution < 1.29 is 14.6 Å². The molecule has 154 valence electrons. The second-order valence-corrected chi connectivity index (χ2v) is 8.37. The summed E-state index contributed by atoms with van der Waals surface area (Å²) in [5.74, 6) is -0.155. The highest BCUT2D eigenvalue weighted by Crippen LogP contribution is 2.28. The van der Waals surface area contributed by atoms with E-state index in [-0.39, 0.29) is 12.5 Å². The fourth-order valence-corrected chi connectivity index (χ4v) is 4.61. The average Bonchev–Trinajstić information content (AvgIpc) is 3.29. The SMILES string of the molecule is Cc1nn(Cc2ccccc2)c2sc(C(=O)NCC(O)CN3CCOCC3)cc12. The van der Waals surface area contributed by atoms with Gasteiger partial charge in [-0.2, -0.15) is 5.10 Å². The van der Waals surface area contributed by atoms with Crippen LogP contribution >= 0.6 is 11.3 Å². The molecule has 29 heavy (non-hydrogen) atoms. The van der Waals surface area contributed by atoms with Gasteiger partial charge in [-0.25, -0.2) is 0 Å². The van der Waals surface area contributed by atoms with Crippen LogP contribution in [0.25, 0.3) is 10.2 Å². The summed E-state index contributed by atoms with van der Waals surface area (Å²) in [7, 11) is 0. The highest BCUT2D eigenvalue weighted by Gasteiger charge is 2.19. The molecule has 1 saturated heterocycles. The minimum absolute atomic E-state index is 0.155. The molecule has 7 nitrogen and oxygen atoms in total. The minimum atomic E-state index is -0.596. The average molecular weight is 415 g/mol. The number of amides is 1. The van der Waals surface area contributed by atoms with Crippen molar-refractivity contribution in [2.75, 3.05) is 39.4 Å². The molecule has 3 aromatic rings. The first-order valence-electron chi connectivity index (χ1n) is 9.87. The monoisotopic (exact) mass is 414 g/mol. The van der Waals surface area contributed by atoms with E-state index in [1.165, 1.54) is 16.9 Å². The predicted octanol–water partition coefficient (Wildman–Crippen LogP) is 1.88. The Morgan fingerprint density at radius 2 is 2.07 bits per heavy atom. The summed E-state index contributed by atoms with van der Waals surface area (Å²) >= 11 is 1.44. The number of nitrogens with one attached hydrogen (secondary N) is 1. The number of hydrogen-bond acceptors (Lipinski definition) is 6. The lowest BCUT2D eigenvalue weighted by Gasteiger charge is -2.28. The van der Waals surface area contributed by atoms with E-state index in [1.54, 1.807) is 0 Å². The van der Waals surface area contributed by atoms with Gasteiger partial charge < -0.3 is 15.2 Å². The molecule has 8 heteroatoms. The first-order chi connectivity index (χ1) is 14.1. The number of benzene rings is 1. The number of carbonyl (C=O) groups excluding carboxylic acids is 1. The molecule has 4 rings (SSSR count). The number of hydrogen-bond donors (Lipinski definition) is 2. The Morgan fingerprint density at radius 3 is 2.83 bits per heavy atom. The van der Waals surface area contributed by atoms with E-state index in [0.29, 0.717) is 31.2 Å². The number of rotatable bonds is 7. The van der Waals surface area contributed by atoms with Gasteiger partial charge in [0.15, 0.2) is 0 Å². The molecule has 0 saturated carbocycles. The normalized spacial score (nSPS) is 16.2. The van der Waals surface area contributed by atoms with Crippen molar-refractivity contribution in [1.29, 1.82) is 0 Å². The maximum atomic E-state index is 12.6. The summed E-state index contributed by atoms with van der Waals surface area (Å²) < 4.78 is 7.27. The van der Waals surface area contributed by atoms with Gasteiger partial charge >= 0.3 is 0 Å². The number of aryl methyl sites for hydroxylation is 1. The largest absolute Gasteiger partial charge is 0.390 e. The summed E-state index contributed by atoms with van der Waals surface area (Å²) in [5, 5.41) is 18.7. The van der Waals surface area contributed by atoms with Crippen molar-refractivity contribution in [2.45, 2.75) is 19.6 Å². The van der Waals surface area contributed by atoms with E-state index in [2.05, 4.69) is 27.4 Å². The molecule has 0 bridgehead atoms. The Balaban J connectivity index is 1.39. The van der Waals surface area contributed by atoms with Gasteiger partial charge in [0.1, 0.15) is 4.83 Å². The molecule has 1 unspecified atom stereocenters. The number of fused-ring (bicyclic) bond motifs is 1. The number of thiophene rings is 1. The molecule has 1 atom stereocenters. The van der Waals surface area contributed by atoms with Crippen LogP contribution in [-0.2, 0) is 11.3 Å². The lowest BCUT2D eigenvalue weighted by atomic mass is 10.2. The fourth-order valence-electron chi connectivity index (χ4n) is 3.53. The molecular weight excluding hydrogens is 388 g/mol. The predicted molar refractivity (Wildman–Crippen MR) is 113 cm³/mol. The molecule has 3 heterocycles. The highest BCUT2D eigenvalue weighted by molar-refractivity contribution is 7.20. The molecular formula is C21H26N4O3S. The van der Waals surface area contributed by atoms with Gasteiger partial charge in [-0.15, -0.1) is 11.3 Å². The second-order valence-electron chi connectivity index (χ2n) is 7.33. The van der Waals surface area contributed by atoms with E-state index in [1.807, 2.05) is 35.9 Å². The van der Waals surface area contributed by atoms with Crippen LogP contribution in [0.3, 0.4) is 0 Å². The van der Waals surface area contributed by atoms with Crippen molar-refractivity contribution in [3.63, 3.8) is 0 Å². The van der Waals surface area contributed by atoms with E-state index >= 15 is 0 Å². The van der Waals surface area contributed by atoms with E-state index in [4.69, 9.17) is 4.74 Å². The van der Waals surface area contributed by atoms with Gasteiger partial charge in [-0.1, -0.05) is 30.3 Å². The Kier molecular flexibility index (Phi) is 6.25. The third kappa shape index (κ3) is 4.84. The molecule has 1 fully saturated rings. The molecule has 1 amide bonds. The summed E-state index contributed by atoms with van der Waals surface area (Å²) in [6.07, 6.45) is -0.596. The fraction of sp³-hybridized carbons (Fsp3) is 0.429. The van der Waals surface area contributed by atoms with Crippen molar-refractivity contribution >= 4 is 27.5 Å². The number of nitrogens with zero attached hydrogens (tertiary/aromatic N) is 3. The van der Waals surface area contributed by atoms with Crippen molar-refractivity contribution in [2.24, 2.45) is 0 Å². The summed E-state index contributed by atoms with van der Waals surface area (Å²) in [6.45, 7) is 6.44. The number of aliphatic hydroxyl groups is 1. The molecule has 0 aliphatic carbocycles. The van der Waals surface area contributed by atoms with Crippen LogP contribution < -0.4 is 5.32 Å². The van der Waals surface area contributed by atoms with Gasteiger partial charge in [0, 0.05) is 31.6 Å². The quantitative estimate of drug-likeness (QED) is 0.617. The molecule has 2 N–H and O–H groups in total. The van der Waals surface area contributed by atoms with Crippen LogP contribution in [0.1, 0.15) is 20.9 Å². The number of morpholine rings is 1. The molecule has 0 radical (unpaired) electrons. The second kappa shape index (κ2) is 9.04. The molecule has 1 aromatic carbocycles. The number of aliphatic hydroxyl groups excluding tert-OH is 1. The first-order valence-corrected chi connectivity index (χ1v) is 10.7. The number of β-amino-alcohol motifs (C(OH)–C–C–N with tert-alkyl or cyclic N) is 1. The molecule has 1 aliphatic heterocycles. The van der Waals surface area contributed by atoms with E-state index in [9.17, 15) is 9.90 Å². The van der Waals surface area contributed by atoms with Crippen molar-refractivity contribution in [3.8, 4) is 0 Å². The van der Waals surface area contributed by atoms with E-state index < -0.39 is 6.10 Å². The zero-order valence-electron chi connectivity index (χ0n) is 16.5. The number of ether oxygens (including phenoxy) is 1. The van der Waals surface area contributed by atoms with Crippen LogP contribution in [0.5, 0.6) is 0 Å². The van der Waals surface area contributed by atoms with Crippen molar-refractivity contribution in [3.05, 3.63) is 52.5 Å². The number of aromatic nitrogens is 2. The van der Waals surface area contributed by atoms with Crippen LogP contribution in [0.15, 0.2) is 36.4 Å².